The number of hydrogen-bond donors (Lipinski definition) is 1. The predicted octanol–water partition coefficient (Wildman–Crippen LogP) is 4.24. The number of nitrogens with zero attached hydrogens (tertiary/aromatic N) is 3. The summed E-state index contributed by atoms with van der Waals surface area (Å²) in [6.07, 6.45) is 4.85. The van der Waals surface area contributed by atoms with Crippen LogP contribution in [0.5, 0.6) is 0 Å². The lowest BCUT2D eigenvalue weighted by Gasteiger charge is -2.26. The molecule has 0 bridgehead atoms. The first-order valence-electron chi connectivity index (χ1n) is 9.37. The average molecular weight is 362 g/mol. The summed E-state index contributed by atoms with van der Waals surface area (Å²) in [5.41, 5.74) is 9.78. The van der Waals surface area contributed by atoms with E-state index in [1.807, 2.05) is 12.1 Å². The van der Waals surface area contributed by atoms with E-state index < -0.39 is 0 Å². The van der Waals surface area contributed by atoms with Crippen molar-refractivity contribution in [3.05, 3.63) is 77.9 Å². The van der Waals surface area contributed by atoms with E-state index >= 15 is 0 Å². The zero-order chi connectivity index (χ0) is 18.6. The lowest BCUT2D eigenvalue weighted by Crippen LogP contribution is -2.27. The average Bonchev–Trinajstić information content (AvgIpc) is 3.15. The number of halogens is 1. The molecule has 2 N–H and O–H groups in total. The van der Waals surface area contributed by atoms with Crippen molar-refractivity contribution < 1.29 is 4.39 Å². The van der Waals surface area contributed by atoms with Crippen LogP contribution in [0.15, 0.2) is 60.8 Å². The van der Waals surface area contributed by atoms with E-state index in [1.54, 1.807) is 12.3 Å². The standard InChI is InChI=1S/C22H23FN4/c23-18-9-4-8-17(14-18)19-15-25-22(24)26-21(19)20-10-5-12-27(20)13-11-16-6-2-1-3-7-16/h1-4,6-9,14-15,20H,5,10-13H2,(H2,24,25,26)/t20-/m1/s1. The molecule has 1 fully saturated rings. The molecule has 0 saturated carbocycles. The molecule has 1 aliphatic heterocycles. The SMILES string of the molecule is Nc1ncc(-c2cccc(F)c2)c([C@H]2CCCN2CCc2ccccc2)n1. The van der Waals surface area contributed by atoms with Gasteiger partial charge in [-0.25, -0.2) is 14.4 Å². The Labute approximate surface area is 158 Å². The largest absolute Gasteiger partial charge is 0.368 e. The molecule has 1 atom stereocenters. The minimum Gasteiger partial charge on any atom is -0.368 e. The second-order valence-electron chi connectivity index (χ2n) is 6.97. The molecule has 4 nitrogen and oxygen atoms in total. The summed E-state index contributed by atoms with van der Waals surface area (Å²) < 4.78 is 13.8. The van der Waals surface area contributed by atoms with Gasteiger partial charge in [0.2, 0.25) is 5.95 Å². The molecule has 0 unspecified atom stereocenters. The van der Waals surface area contributed by atoms with Crippen LogP contribution >= 0.6 is 0 Å². The maximum atomic E-state index is 13.8. The minimum atomic E-state index is -0.261. The third-order valence-electron chi connectivity index (χ3n) is 5.18. The van der Waals surface area contributed by atoms with Crippen LogP contribution in [0, 0.1) is 5.82 Å². The molecular formula is C22H23FN4. The number of benzene rings is 2. The highest BCUT2D eigenvalue weighted by Crippen LogP contribution is 2.36. The number of likely N-dealkylation sites (tertiary alicyclic amines) is 1. The zero-order valence-corrected chi connectivity index (χ0v) is 15.2. The van der Waals surface area contributed by atoms with Gasteiger partial charge in [-0.1, -0.05) is 42.5 Å². The van der Waals surface area contributed by atoms with Crippen LogP contribution < -0.4 is 5.73 Å². The van der Waals surface area contributed by atoms with E-state index in [-0.39, 0.29) is 17.8 Å². The van der Waals surface area contributed by atoms with Crippen molar-refractivity contribution in [1.82, 2.24) is 14.9 Å². The van der Waals surface area contributed by atoms with Crippen LogP contribution in [0.4, 0.5) is 10.3 Å². The van der Waals surface area contributed by atoms with Crippen LogP contribution in [0.25, 0.3) is 11.1 Å². The van der Waals surface area contributed by atoms with E-state index in [0.29, 0.717) is 0 Å². The molecule has 138 valence electrons. The fourth-order valence-electron chi connectivity index (χ4n) is 3.86. The molecule has 4 rings (SSSR count). The zero-order valence-electron chi connectivity index (χ0n) is 15.2. The van der Waals surface area contributed by atoms with E-state index in [0.717, 1.165) is 49.2 Å². The Bertz CT molecular complexity index is 913. The van der Waals surface area contributed by atoms with E-state index in [4.69, 9.17) is 5.73 Å². The molecule has 2 heterocycles. The van der Waals surface area contributed by atoms with Crippen LogP contribution in [-0.4, -0.2) is 28.0 Å². The molecule has 3 aromatic rings. The Morgan fingerprint density at radius 3 is 2.78 bits per heavy atom. The maximum Gasteiger partial charge on any atom is 0.220 e. The summed E-state index contributed by atoms with van der Waals surface area (Å²) in [6.45, 7) is 1.99. The maximum absolute atomic E-state index is 13.8. The molecule has 2 aromatic carbocycles. The van der Waals surface area contributed by atoms with Gasteiger partial charge in [-0.05, 0) is 49.1 Å². The molecule has 1 saturated heterocycles. The molecule has 0 radical (unpaired) electrons. The molecular weight excluding hydrogens is 339 g/mol. The highest BCUT2D eigenvalue weighted by Gasteiger charge is 2.29. The molecule has 0 amide bonds. The quantitative estimate of drug-likeness (QED) is 0.737. The first-order valence-corrected chi connectivity index (χ1v) is 9.37. The van der Waals surface area contributed by atoms with Crippen molar-refractivity contribution in [1.29, 1.82) is 0 Å². The van der Waals surface area contributed by atoms with Gasteiger partial charge in [0, 0.05) is 18.3 Å². The third-order valence-corrected chi connectivity index (χ3v) is 5.18. The number of rotatable bonds is 5. The van der Waals surface area contributed by atoms with Crippen molar-refractivity contribution in [3.8, 4) is 11.1 Å². The van der Waals surface area contributed by atoms with Crippen molar-refractivity contribution in [2.24, 2.45) is 0 Å². The van der Waals surface area contributed by atoms with E-state index in [1.165, 1.54) is 17.7 Å². The monoisotopic (exact) mass is 362 g/mol. The van der Waals surface area contributed by atoms with Crippen molar-refractivity contribution in [3.63, 3.8) is 0 Å². The summed E-state index contributed by atoms with van der Waals surface area (Å²) in [5.74, 6) is 0.00249. The van der Waals surface area contributed by atoms with Gasteiger partial charge in [0.05, 0.1) is 11.7 Å². The van der Waals surface area contributed by atoms with E-state index in [9.17, 15) is 4.39 Å². The van der Waals surface area contributed by atoms with Crippen molar-refractivity contribution >= 4 is 5.95 Å². The molecule has 27 heavy (non-hydrogen) atoms. The van der Waals surface area contributed by atoms with Gasteiger partial charge in [-0.3, -0.25) is 4.90 Å². The van der Waals surface area contributed by atoms with Crippen LogP contribution in [0.1, 0.15) is 30.1 Å². The van der Waals surface area contributed by atoms with Gasteiger partial charge in [0.15, 0.2) is 0 Å². The van der Waals surface area contributed by atoms with E-state index in [2.05, 4.69) is 39.1 Å². The second-order valence-corrected chi connectivity index (χ2v) is 6.97. The van der Waals surface area contributed by atoms with Gasteiger partial charge in [-0.2, -0.15) is 0 Å². The van der Waals surface area contributed by atoms with Gasteiger partial charge in [0.25, 0.3) is 0 Å². The normalized spacial score (nSPS) is 17.3. The van der Waals surface area contributed by atoms with Gasteiger partial charge < -0.3 is 5.73 Å². The van der Waals surface area contributed by atoms with Crippen LogP contribution in [-0.2, 0) is 6.42 Å². The predicted molar refractivity (Wildman–Crippen MR) is 106 cm³/mol. The fraction of sp³-hybridized carbons (Fsp3) is 0.273. The highest BCUT2D eigenvalue weighted by atomic mass is 19.1. The van der Waals surface area contributed by atoms with Crippen LogP contribution in [0.3, 0.4) is 0 Å². The number of hydrogen-bond acceptors (Lipinski definition) is 4. The molecule has 1 aromatic heterocycles. The van der Waals surface area contributed by atoms with Crippen LogP contribution in [0.2, 0.25) is 0 Å². The smallest absolute Gasteiger partial charge is 0.220 e. The second kappa shape index (κ2) is 7.84. The number of nitrogen functional groups attached to an aromatic ring is 1. The molecule has 0 aliphatic carbocycles. The molecule has 5 heteroatoms. The number of nitrogens with two attached hydrogens (primary N) is 1. The van der Waals surface area contributed by atoms with Crippen molar-refractivity contribution in [2.45, 2.75) is 25.3 Å². The lowest BCUT2D eigenvalue weighted by atomic mass is 9.99. The summed E-state index contributed by atoms with van der Waals surface area (Å²) in [4.78, 5) is 11.2. The Kier molecular flexibility index (Phi) is 5.12. The summed E-state index contributed by atoms with van der Waals surface area (Å²) in [6, 6.07) is 17.3. The van der Waals surface area contributed by atoms with Gasteiger partial charge in [-0.15, -0.1) is 0 Å². The van der Waals surface area contributed by atoms with Gasteiger partial charge >= 0.3 is 0 Å². The topological polar surface area (TPSA) is 55.0 Å². The lowest BCUT2D eigenvalue weighted by molar-refractivity contribution is 0.257. The van der Waals surface area contributed by atoms with Crippen molar-refractivity contribution in [2.75, 3.05) is 18.8 Å². The third kappa shape index (κ3) is 3.98. The Balaban J connectivity index is 1.62. The Morgan fingerprint density at radius 2 is 1.96 bits per heavy atom. The first-order chi connectivity index (χ1) is 13.2. The molecule has 0 spiro atoms. The highest BCUT2D eigenvalue weighted by molar-refractivity contribution is 5.66. The molecule has 1 aliphatic rings. The number of aromatic nitrogens is 2. The minimum absolute atomic E-state index is 0.178. The summed E-state index contributed by atoms with van der Waals surface area (Å²) in [7, 11) is 0. The Hall–Kier alpha value is -2.79. The first kappa shape index (κ1) is 17.6. The summed E-state index contributed by atoms with van der Waals surface area (Å²) in [5, 5.41) is 0. The Morgan fingerprint density at radius 1 is 1.11 bits per heavy atom. The fourth-order valence-corrected chi connectivity index (χ4v) is 3.86. The summed E-state index contributed by atoms with van der Waals surface area (Å²) >= 11 is 0. The van der Waals surface area contributed by atoms with Gasteiger partial charge in [0.1, 0.15) is 5.82 Å². The number of anilines is 1.